The minimum Gasteiger partial charge on any atom is -0.369 e. The first kappa shape index (κ1) is 23.2. The Balaban J connectivity index is 1.70. The number of urea groups is 1. The van der Waals surface area contributed by atoms with Gasteiger partial charge in [0.1, 0.15) is 12.4 Å². The van der Waals surface area contributed by atoms with Gasteiger partial charge in [-0.15, -0.1) is 0 Å². The molecule has 2 atom stereocenters. The van der Waals surface area contributed by atoms with Crippen LogP contribution < -0.4 is 10.6 Å². The van der Waals surface area contributed by atoms with Crippen LogP contribution in [-0.2, 0) is 14.3 Å². The Morgan fingerprint density at radius 2 is 1.91 bits per heavy atom. The first-order chi connectivity index (χ1) is 15.2. The third kappa shape index (κ3) is 6.03. The molecule has 2 N–H and O–H groups in total. The van der Waals surface area contributed by atoms with Crippen molar-refractivity contribution in [1.29, 1.82) is 0 Å². The van der Waals surface area contributed by atoms with E-state index >= 15 is 0 Å². The van der Waals surface area contributed by atoms with Crippen molar-refractivity contribution in [2.75, 3.05) is 44.5 Å². The molecule has 2 aromatic rings. The van der Waals surface area contributed by atoms with Gasteiger partial charge in [-0.2, -0.15) is 5.10 Å². The van der Waals surface area contributed by atoms with Crippen LogP contribution in [-0.4, -0.2) is 77.3 Å². The van der Waals surface area contributed by atoms with Gasteiger partial charge in [0.05, 0.1) is 30.6 Å². The van der Waals surface area contributed by atoms with Crippen molar-refractivity contribution >= 4 is 29.2 Å². The fourth-order valence-electron chi connectivity index (χ4n) is 3.44. The van der Waals surface area contributed by atoms with E-state index in [2.05, 4.69) is 15.7 Å². The van der Waals surface area contributed by atoms with Gasteiger partial charge < -0.3 is 25.2 Å². The highest BCUT2D eigenvalue weighted by molar-refractivity contribution is 5.90. The molecule has 1 fully saturated rings. The van der Waals surface area contributed by atoms with Gasteiger partial charge in [0.15, 0.2) is 0 Å². The predicted octanol–water partition coefficient (Wildman–Crippen LogP) is 1.93. The van der Waals surface area contributed by atoms with Crippen LogP contribution in [0, 0.1) is 5.82 Å². The molecule has 32 heavy (non-hydrogen) atoms. The molecule has 172 valence electrons. The molecule has 1 aromatic carbocycles. The fraction of sp³-hybridized carbons (Fsp3) is 0.429. The molecule has 0 radical (unpaired) electrons. The summed E-state index contributed by atoms with van der Waals surface area (Å²) in [6.45, 7) is 1.85. The summed E-state index contributed by atoms with van der Waals surface area (Å²) in [6, 6.07) is 4.69. The number of carbonyl (C=O) groups excluding carboxylic acids is 3. The molecular formula is C21H27FN6O4. The lowest BCUT2D eigenvalue weighted by molar-refractivity contribution is -0.133. The minimum absolute atomic E-state index is 0.0873. The van der Waals surface area contributed by atoms with Crippen LogP contribution in [0.5, 0.6) is 0 Å². The monoisotopic (exact) mass is 446 g/mol. The maximum Gasteiger partial charge on any atom is 0.322 e. The average molecular weight is 446 g/mol. The summed E-state index contributed by atoms with van der Waals surface area (Å²) >= 11 is 0. The van der Waals surface area contributed by atoms with Crippen molar-refractivity contribution in [3.05, 3.63) is 42.5 Å². The second-order valence-corrected chi connectivity index (χ2v) is 7.83. The number of likely N-dealkylation sites (tertiary alicyclic amines) is 1. The van der Waals surface area contributed by atoms with Crippen molar-refractivity contribution in [1.82, 2.24) is 19.6 Å². The smallest absolute Gasteiger partial charge is 0.322 e. The van der Waals surface area contributed by atoms with E-state index in [1.165, 1.54) is 36.1 Å². The van der Waals surface area contributed by atoms with Crippen LogP contribution in [0.15, 0.2) is 36.7 Å². The minimum atomic E-state index is -0.394. The van der Waals surface area contributed by atoms with Crippen LogP contribution >= 0.6 is 0 Å². The number of amides is 4. The summed E-state index contributed by atoms with van der Waals surface area (Å²) in [5, 5.41) is 9.75. The van der Waals surface area contributed by atoms with E-state index in [1.807, 2.05) is 0 Å². The maximum absolute atomic E-state index is 13.2. The van der Waals surface area contributed by atoms with Gasteiger partial charge in [0.2, 0.25) is 11.8 Å². The molecule has 0 unspecified atom stereocenters. The second-order valence-electron chi connectivity index (χ2n) is 7.83. The summed E-state index contributed by atoms with van der Waals surface area (Å²) in [6.07, 6.45) is 3.80. The number of aromatic nitrogens is 2. The van der Waals surface area contributed by atoms with Crippen LogP contribution in [0.3, 0.4) is 0 Å². The Labute approximate surface area is 185 Å². The zero-order valence-electron chi connectivity index (χ0n) is 18.2. The number of halogens is 1. The van der Waals surface area contributed by atoms with Crippen molar-refractivity contribution < 1.29 is 23.5 Å². The molecule has 10 nitrogen and oxygen atoms in total. The highest BCUT2D eigenvalue weighted by atomic mass is 19.1. The number of nitrogens with zero attached hydrogens (tertiary/aromatic N) is 4. The number of rotatable bonds is 7. The first-order valence-electron chi connectivity index (χ1n) is 10.2. The summed E-state index contributed by atoms with van der Waals surface area (Å²) < 4.78 is 20.4. The van der Waals surface area contributed by atoms with E-state index in [9.17, 15) is 18.8 Å². The number of hydrogen-bond donors (Lipinski definition) is 2. The Morgan fingerprint density at radius 3 is 2.56 bits per heavy atom. The first-order valence-corrected chi connectivity index (χ1v) is 10.2. The lowest BCUT2D eigenvalue weighted by Gasteiger charge is -2.25. The summed E-state index contributed by atoms with van der Waals surface area (Å²) in [5.41, 5.74) is 1.03. The molecule has 4 amide bonds. The molecule has 2 heterocycles. The van der Waals surface area contributed by atoms with Gasteiger partial charge in [-0.1, -0.05) is 0 Å². The van der Waals surface area contributed by atoms with E-state index < -0.39 is 5.82 Å². The van der Waals surface area contributed by atoms with Gasteiger partial charge in [0.25, 0.3) is 0 Å². The lowest BCUT2D eigenvalue weighted by Crippen LogP contribution is -2.41. The summed E-state index contributed by atoms with van der Waals surface area (Å²) in [5.74, 6) is -0.767. The number of nitrogens with one attached hydrogen (secondary N) is 2. The van der Waals surface area contributed by atoms with E-state index in [0.29, 0.717) is 24.3 Å². The van der Waals surface area contributed by atoms with Gasteiger partial charge in [-0.05, 0) is 30.7 Å². The van der Waals surface area contributed by atoms with E-state index in [4.69, 9.17) is 4.74 Å². The molecule has 1 saturated heterocycles. The van der Waals surface area contributed by atoms with Crippen LogP contribution in [0.25, 0.3) is 0 Å². The predicted molar refractivity (Wildman–Crippen MR) is 116 cm³/mol. The van der Waals surface area contributed by atoms with Crippen LogP contribution in [0.1, 0.15) is 19.4 Å². The summed E-state index contributed by atoms with van der Waals surface area (Å²) in [7, 11) is 3.29. The van der Waals surface area contributed by atoms with E-state index in [1.54, 1.807) is 36.1 Å². The Morgan fingerprint density at radius 1 is 1.19 bits per heavy atom. The zero-order chi connectivity index (χ0) is 23.3. The third-order valence-electron chi connectivity index (χ3n) is 5.08. The Bertz CT molecular complexity index is 961. The molecule has 1 aliphatic heterocycles. The average Bonchev–Trinajstić information content (AvgIpc) is 3.36. The Hall–Kier alpha value is -3.47. The number of ether oxygens (including phenoxy) is 1. The molecule has 3 rings (SSSR count). The highest BCUT2D eigenvalue weighted by Gasteiger charge is 2.37. The number of anilines is 2. The highest BCUT2D eigenvalue weighted by Crippen LogP contribution is 2.29. The maximum atomic E-state index is 13.2. The molecule has 11 heteroatoms. The van der Waals surface area contributed by atoms with Gasteiger partial charge in [0, 0.05) is 39.4 Å². The van der Waals surface area contributed by atoms with Crippen molar-refractivity contribution in [3.63, 3.8) is 0 Å². The lowest BCUT2D eigenvalue weighted by atomic mass is 10.2. The largest absolute Gasteiger partial charge is 0.369 e. The molecule has 0 saturated carbocycles. The molecule has 1 aliphatic rings. The normalized spacial score (nSPS) is 17.8. The molecule has 1 aromatic heterocycles. The van der Waals surface area contributed by atoms with E-state index in [0.717, 1.165) is 0 Å². The van der Waals surface area contributed by atoms with Crippen molar-refractivity contribution in [2.24, 2.45) is 0 Å². The number of carbonyl (C=O) groups is 3. The number of likely N-dealkylation sites (N-methyl/N-ethyl adjacent to an activating group) is 1. The van der Waals surface area contributed by atoms with Gasteiger partial charge in [-0.25, -0.2) is 9.18 Å². The quantitative estimate of drug-likeness (QED) is 0.676. The summed E-state index contributed by atoms with van der Waals surface area (Å²) in [4.78, 5) is 39.1. The molecule has 0 bridgehead atoms. The van der Waals surface area contributed by atoms with Crippen LogP contribution in [0.4, 0.5) is 20.6 Å². The van der Waals surface area contributed by atoms with Gasteiger partial charge >= 0.3 is 6.03 Å². The molecule has 0 spiro atoms. The fourth-order valence-corrected chi connectivity index (χ4v) is 3.44. The van der Waals surface area contributed by atoms with Crippen LogP contribution in [0.2, 0.25) is 0 Å². The van der Waals surface area contributed by atoms with Crippen molar-refractivity contribution in [2.45, 2.75) is 25.4 Å². The number of benzene rings is 1. The second kappa shape index (κ2) is 10.2. The topological polar surface area (TPSA) is 109 Å². The third-order valence-corrected chi connectivity index (χ3v) is 5.08. The van der Waals surface area contributed by atoms with E-state index in [-0.39, 0.29) is 43.1 Å². The van der Waals surface area contributed by atoms with Crippen molar-refractivity contribution in [3.8, 4) is 0 Å². The van der Waals surface area contributed by atoms with Gasteiger partial charge in [-0.3, -0.25) is 14.3 Å². The zero-order valence-corrected chi connectivity index (χ0v) is 18.2. The molecule has 0 aliphatic carbocycles. The Kier molecular flexibility index (Phi) is 7.41. The number of hydrogen-bond acceptors (Lipinski definition) is 5. The molecular weight excluding hydrogens is 419 g/mol. The standard InChI is InChI=1S/C21H27FN6O4/c1-14(29)24-17-9-23-28(10-17)18-8-19(12-32-13-20(30)26(2)3)27(11-18)21(31)25-16-6-4-15(22)5-7-16/h4-7,9-10,18-19H,8,11-13H2,1-3H3,(H,24,29)(H,25,31)/t18-,19-/m0/s1. The SMILES string of the molecule is CC(=O)Nc1cnn([C@H]2C[C@@H](COCC(=O)N(C)C)N(C(=O)Nc3ccc(F)cc3)C2)c1.